The Kier molecular flexibility index (Phi) is 10.2. The van der Waals surface area contributed by atoms with Gasteiger partial charge < -0.3 is 20.8 Å². The summed E-state index contributed by atoms with van der Waals surface area (Å²) in [7, 11) is 0. The number of hydrogen-bond acceptors (Lipinski definition) is 4. The summed E-state index contributed by atoms with van der Waals surface area (Å²) >= 11 is 0. The number of nitrogens with one attached hydrogen (secondary N) is 2. The molecule has 7 nitrogen and oxygen atoms in total. The SMILES string of the molecule is C=CC.CC1(C)C(c2ccc(C(=O)O)cc2)=CCC2(C)C1CCC1(C)C3CCC4(C(=O)NCCNCC(=O)O)CCCC4C3CCC12. The number of allylic oxidation sites excluding steroid dienone is 3. The minimum atomic E-state index is -0.883. The van der Waals surface area contributed by atoms with Crippen LogP contribution in [0.25, 0.3) is 5.57 Å². The van der Waals surface area contributed by atoms with Crippen LogP contribution in [-0.4, -0.2) is 47.7 Å². The Hall–Kier alpha value is -2.93. The fraction of sp³-hybridized carbons (Fsp3) is 0.675. The molecule has 0 aromatic heterocycles. The summed E-state index contributed by atoms with van der Waals surface area (Å²) in [6, 6.07) is 7.47. The van der Waals surface area contributed by atoms with E-state index < -0.39 is 11.9 Å². The number of aliphatic carboxylic acids is 1. The Morgan fingerprint density at radius 2 is 1.57 bits per heavy atom. The molecule has 4 saturated carbocycles. The number of carbonyl (C=O) groups is 3. The molecule has 0 spiro atoms. The zero-order valence-corrected chi connectivity index (χ0v) is 29.4. The third-order valence-electron chi connectivity index (χ3n) is 13.8. The molecule has 47 heavy (non-hydrogen) atoms. The first-order chi connectivity index (χ1) is 22.3. The lowest BCUT2D eigenvalue weighted by atomic mass is 9.36. The average molecular weight is 647 g/mol. The first-order valence-electron chi connectivity index (χ1n) is 18.1. The number of benzene rings is 1. The van der Waals surface area contributed by atoms with Gasteiger partial charge in [0.05, 0.1) is 17.5 Å². The fourth-order valence-electron chi connectivity index (χ4n) is 12.1. The van der Waals surface area contributed by atoms with Gasteiger partial charge in [-0.3, -0.25) is 9.59 Å². The quantitative estimate of drug-likeness (QED) is 0.169. The zero-order valence-electron chi connectivity index (χ0n) is 29.4. The highest BCUT2D eigenvalue weighted by Crippen LogP contribution is 2.73. The van der Waals surface area contributed by atoms with Crippen LogP contribution >= 0.6 is 0 Å². The summed E-state index contributed by atoms with van der Waals surface area (Å²) in [6.45, 7) is 16.2. The van der Waals surface area contributed by atoms with Crippen molar-refractivity contribution in [2.45, 2.75) is 98.8 Å². The van der Waals surface area contributed by atoms with Crippen LogP contribution < -0.4 is 10.6 Å². The van der Waals surface area contributed by atoms with Crippen molar-refractivity contribution in [1.82, 2.24) is 10.6 Å². The van der Waals surface area contributed by atoms with E-state index in [2.05, 4.69) is 51.0 Å². The van der Waals surface area contributed by atoms with Gasteiger partial charge >= 0.3 is 11.9 Å². The lowest BCUT2D eigenvalue weighted by Crippen LogP contribution is -2.62. The lowest BCUT2D eigenvalue weighted by molar-refractivity contribution is -0.181. The molecule has 1 aromatic carbocycles. The largest absolute Gasteiger partial charge is 0.480 e. The maximum atomic E-state index is 13.8. The summed E-state index contributed by atoms with van der Waals surface area (Å²) in [6.07, 6.45) is 15.6. The van der Waals surface area contributed by atoms with Crippen molar-refractivity contribution >= 4 is 23.4 Å². The van der Waals surface area contributed by atoms with E-state index in [1.165, 1.54) is 31.3 Å². The maximum Gasteiger partial charge on any atom is 0.335 e. The molecular weight excluding hydrogens is 588 g/mol. The number of carboxylic acid groups (broad SMARTS) is 2. The van der Waals surface area contributed by atoms with Crippen molar-refractivity contribution in [1.29, 1.82) is 0 Å². The highest BCUT2D eigenvalue weighted by Gasteiger charge is 2.66. The molecule has 0 bridgehead atoms. The highest BCUT2D eigenvalue weighted by molar-refractivity contribution is 5.88. The molecule has 0 saturated heterocycles. The van der Waals surface area contributed by atoms with Gasteiger partial charge in [-0.25, -0.2) is 4.79 Å². The topological polar surface area (TPSA) is 116 Å². The van der Waals surface area contributed by atoms with Gasteiger partial charge in [-0.15, -0.1) is 6.58 Å². The third kappa shape index (κ3) is 6.11. The zero-order chi connectivity index (χ0) is 34.2. The molecule has 7 heteroatoms. The van der Waals surface area contributed by atoms with E-state index in [4.69, 9.17) is 5.11 Å². The predicted octanol–water partition coefficient (Wildman–Crippen LogP) is 7.83. The number of fused-ring (bicyclic) bond motifs is 7. The monoisotopic (exact) mass is 646 g/mol. The lowest BCUT2D eigenvalue weighted by Gasteiger charge is -2.68. The van der Waals surface area contributed by atoms with Gasteiger partial charge in [-0.1, -0.05) is 58.4 Å². The van der Waals surface area contributed by atoms with E-state index in [9.17, 15) is 19.5 Å². The molecule has 6 rings (SSSR count). The third-order valence-corrected chi connectivity index (χ3v) is 13.8. The molecule has 258 valence electrons. The molecule has 8 atom stereocenters. The number of rotatable bonds is 8. The normalized spacial score (nSPS) is 36.5. The van der Waals surface area contributed by atoms with Crippen molar-refractivity contribution in [3.05, 3.63) is 54.1 Å². The Labute approximate surface area is 282 Å². The van der Waals surface area contributed by atoms with Crippen LogP contribution in [-0.2, 0) is 9.59 Å². The molecule has 1 aromatic rings. The molecule has 8 unspecified atom stereocenters. The van der Waals surface area contributed by atoms with E-state index in [-0.39, 0.29) is 34.1 Å². The van der Waals surface area contributed by atoms with Crippen LogP contribution in [0.3, 0.4) is 0 Å². The van der Waals surface area contributed by atoms with Gasteiger partial charge in [0.1, 0.15) is 0 Å². The second kappa shape index (κ2) is 13.5. The molecular formula is C40H58N2O5. The first kappa shape index (κ1) is 35.4. The first-order valence-corrected chi connectivity index (χ1v) is 18.1. The van der Waals surface area contributed by atoms with Crippen molar-refractivity contribution in [3.63, 3.8) is 0 Å². The summed E-state index contributed by atoms with van der Waals surface area (Å²) in [5, 5.41) is 24.4. The van der Waals surface area contributed by atoms with Crippen molar-refractivity contribution in [2.75, 3.05) is 19.6 Å². The predicted molar refractivity (Wildman–Crippen MR) is 187 cm³/mol. The maximum absolute atomic E-state index is 13.8. The standard InChI is InChI=1S/C37H52N2O5.C3H6/c1-34(2)26(23-7-9-24(10-8-23)32(42)43)13-17-36(4)29(34)15-18-35(3)27-14-19-37(33(44)39-21-20-38-22-31(40)41)16-5-6-28(37)25(27)11-12-30(35)36;1-3-2/h7-10,13,25,27-30,38H,5-6,11-12,14-22H2,1-4H3,(H,39,44)(H,40,41)(H,42,43);3H,1H2,2H3. The number of hydrogen-bond donors (Lipinski definition) is 4. The Bertz CT molecular complexity index is 1380. The van der Waals surface area contributed by atoms with Gasteiger partial charge in [0.2, 0.25) is 5.91 Å². The second-order valence-corrected chi connectivity index (χ2v) is 16.4. The average Bonchev–Trinajstić information content (AvgIpc) is 3.47. The Morgan fingerprint density at radius 3 is 2.23 bits per heavy atom. The molecule has 0 heterocycles. The molecule has 5 aliphatic rings. The summed E-state index contributed by atoms with van der Waals surface area (Å²) in [5.74, 6) is 1.41. The van der Waals surface area contributed by atoms with Crippen LogP contribution in [0.1, 0.15) is 115 Å². The van der Waals surface area contributed by atoms with Crippen LogP contribution in [0.2, 0.25) is 0 Å². The summed E-state index contributed by atoms with van der Waals surface area (Å²) in [4.78, 5) is 36.0. The number of aromatic carboxylic acids is 1. The van der Waals surface area contributed by atoms with Crippen LogP contribution in [0, 0.1) is 51.2 Å². The van der Waals surface area contributed by atoms with E-state index in [1.54, 1.807) is 18.2 Å². The van der Waals surface area contributed by atoms with Gasteiger partial charge in [0, 0.05) is 13.1 Å². The smallest absolute Gasteiger partial charge is 0.335 e. The molecule has 0 aliphatic heterocycles. The highest BCUT2D eigenvalue weighted by atomic mass is 16.4. The summed E-state index contributed by atoms with van der Waals surface area (Å²) < 4.78 is 0. The molecule has 4 fully saturated rings. The Balaban J connectivity index is 0.00000139. The van der Waals surface area contributed by atoms with Crippen LogP contribution in [0.5, 0.6) is 0 Å². The summed E-state index contributed by atoms with van der Waals surface area (Å²) in [5.41, 5.74) is 3.11. The van der Waals surface area contributed by atoms with E-state index >= 15 is 0 Å². The van der Waals surface area contributed by atoms with Crippen molar-refractivity contribution in [2.24, 2.45) is 51.2 Å². The minimum Gasteiger partial charge on any atom is -0.480 e. The van der Waals surface area contributed by atoms with Crippen LogP contribution in [0.15, 0.2) is 43.0 Å². The van der Waals surface area contributed by atoms with Crippen molar-refractivity contribution in [3.8, 4) is 0 Å². The number of amides is 1. The van der Waals surface area contributed by atoms with Gasteiger partial charge in [-0.05, 0) is 134 Å². The van der Waals surface area contributed by atoms with Gasteiger partial charge in [0.15, 0.2) is 0 Å². The number of carbonyl (C=O) groups excluding carboxylic acids is 1. The van der Waals surface area contributed by atoms with Gasteiger partial charge in [0.25, 0.3) is 0 Å². The minimum absolute atomic E-state index is 0.000497. The second-order valence-electron chi connectivity index (χ2n) is 16.4. The Morgan fingerprint density at radius 1 is 0.872 bits per heavy atom. The van der Waals surface area contributed by atoms with E-state index in [0.29, 0.717) is 48.2 Å². The molecule has 5 aliphatic carbocycles. The molecule has 1 amide bonds. The fourth-order valence-corrected chi connectivity index (χ4v) is 12.1. The molecule has 0 radical (unpaired) electrons. The van der Waals surface area contributed by atoms with Crippen LogP contribution in [0.4, 0.5) is 0 Å². The van der Waals surface area contributed by atoms with E-state index in [1.807, 2.05) is 19.1 Å². The van der Waals surface area contributed by atoms with Crippen molar-refractivity contribution < 1.29 is 24.6 Å². The molecule has 4 N–H and O–H groups in total. The van der Waals surface area contributed by atoms with Gasteiger partial charge in [-0.2, -0.15) is 0 Å². The number of carboxylic acids is 2. The van der Waals surface area contributed by atoms with E-state index in [0.717, 1.165) is 44.1 Å².